The van der Waals surface area contributed by atoms with Crippen LogP contribution in [0.1, 0.15) is 27.8 Å². The molecule has 0 fully saturated rings. The highest BCUT2D eigenvalue weighted by Gasteiger charge is 2.50. The first-order valence-corrected chi connectivity index (χ1v) is 12.7. The predicted molar refractivity (Wildman–Crippen MR) is 143 cm³/mol. The second-order valence-corrected chi connectivity index (χ2v) is 10.4. The van der Waals surface area contributed by atoms with Crippen molar-refractivity contribution >= 4 is 23.4 Å². The molecule has 2 aliphatic rings. The van der Waals surface area contributed by atoms with Crippen LogP contribution in [0.15, 0.2) is 119 Å². The molecule has 1 unspecified atom stereocenters. The van der Waals surface area contributed by atoms with Crippen LogP contribution in [-0.4, -0.2) is 0 Å². The van der Waals surface area contributed by atoms with Gasteiger partial charge in [0.2, 0.25) is 0 Å². The van der Waals surface area contributed by atoms with Crippen LogP contribution in [0.5, 0.6) is 0 Å². The zero-order chi connectivity index (χ0) is 23.6. The fourth-order valence-corrected chi connectivity index (χ4v) is 7.29. The van der Waals surface area contributed by atoms with Crippen molar-refractivity contribution in [2.75, 3.05) is 0 Å². The first kappa shape index (κ1) is 20.6. The van der Waals surface area contributed by atoms with Crippen LogP contribution in [0.3, 0.4) is 0 Å². The second-order valence-electron chi connectivity index (χ2n) is 8.96. The van der Waals surface area contributed by atoms with Gasteiger partial charge < -0.3 is 0 Å². The van der Waals surface area contributed by atoms with Gasteiger partial charge in [0, 0.05) is 9.79 Å². The molecule has 1 spiro atoms. The van der Waals surface area contributed by atoms with E-state index in [1.807, 2.05) is 30.3 Å². The Morgan fingerprint density at radius 3 is 2.14 bits per heavy atom. The molecule has 0 bridgehead atoms. The molecule has 1 aliphatic heterocycles. The van der Waals surface area contributed by atoms with Crippen LogP contribution in [0, 0.1) is 11.3 Å². The fourth-order valence-electron chi connectivity index (χ4n) is 5.80. The maximum Gasteiger partial charge on any atom is 0.0991 e. The van der Waals surface area contributed by atoms with E-state index in [2.05, 4.69) is 84.9 Å². The lowest BCUT2D eigenvalue weighted by atomic mass is 9.67. The Morgan fingerprint density at radius 2 is 1.31 bits per heavy atom. The quantitative estimate of drug-likeness (QED) is 0.233. The highest BCUT2D eigenvalue weighted by Crippen LogP contribution is 2.63. The summed E-state index contributed by atoms with van der Waals surface area (Å²) in [5.41, 5.74) is 10.1. The summed E-state index contributed by atoms with van der Waals surface area (Å²) in [6.07, 6.45) is 0. The highest BCUT2D eigenvalue weighted by molar-refractivity contribution is 7.99. The first-order chi connectivity index (χ1) is 17.2. The van der Waals surface area contributed by atoms with Crippen LogP contribution in [0.4, 0.5) is 0 Å². The standard InChI is InChI=1S/C32H18ClNS/c33-29-10-5-9-27-31(29)35-30-11-4-3-8-26(30)32(27)25-7-2-1-6-23(25)24-17-16-22(18-28(24)32)21-14-12-20(19-34)13-15-21/h1-18H. The van der Waals surface area contributed by atoms with E-state index in [1.54, 1.807) is 11.8 Å². The third kappa shape index (κ3) is 2.77. The summed E-state index contributed by atoms with van der Waals surface area (Å²) in [4.78, 5) is 2.36. The molecule has 7 rings (SSSR count). The fraction of sp³-hybridized carbons (Fsp3) is 0.0312. The highest BCUT2D eigenvalue weighted by atomic mass is 35.5. The smallest absolute Gasteiger partial charge is 0.0991 e. The monoisotopic (exact) mass is 483 g/mol. The Hall–Kier alpha value is -3.77. The average Bonchev–Trinajstić information content (AvgIpc) is 3.20. The van der Waals surface area contributed by atoms with Crippen molar-refractivity contribution in [2.24, 2.45) is 0 Å². The number of nitrogens with zero attached hydrogens (tertiary/aromatic N) is 1. The minimum absolute atomic E-state index is 0.448. The first-order valence-electron chi connectivity index (χ1n) is 11.5. The molecule has 35 heavy (non-hydrogen) atoms. The molecule has 1 atom stereocenters. The maximum absolute atomic E-state index is 9.24. The molecule has 0 N–H and O–H groups in total. The molecule has 0 amide bonds. The molecule has 164 valence electrons. The molecular formula is C32H18ClNS. The van der Waals surface area contributed by atoms with Gasteiger partial charge >= 0.3 is 0 Å². The van der Waals surface area contributed by atoms with Gasteiger partial charge in [0.1, 0.15) is 0 Å². The lowest BCUT2D eigenvalue weighted by Crippen LogP contribution is -2.32. The van der Waals surface area contributed by atoms with Crippen molar-refractivity contribution in [3.63, 3.8) is 0 Å². The van der Waals surface area contributed by atoms with E-state index in [4.69, 9.17) is 11.6 Å². The van der Waals surface area contributed by atoms with Crippen molar-refractivity contribution < 1.29 is 0 Å². The molecule has 1 nitrogen and oxygen atoms in total. The van der Waals surface area contributed by atoms with E-state index in [9.17, 15) is 5.26 Å². The molecule has 5 aromatic rings. The van der Waals surface area contributed by atoms with E-state index in [1.165, 1.54) is 38.3 Å². The van der Waals surface area contributed by atoms with Crippen molar-refractivity contribution in [3.05, 3.63) is 142 Å². The summed E-state index contributed by atoms with van der Waals surface area (Å²) in [6, 6.07) is 40.6. The predicted octanol–water partition coefficient (Wildman–Crippen LogP) is 8.71. The minimum Gasteiger partial charge on any atom is -0.192 e. The summed E-state index contributed by atoms with van der Waals surface area (Å²) in [5, 5.41) is 10.0. The van der Waals surface area contributed by atoms with Gasteiger partial charge in [0.15, 0.2) is 0 Å². The van der Waals surface area contributed by atoms with Crippen LogP contribution >= 0.6 is 23.4 Å². The van der Waals surface area contributed by atoms with Crippen molar-refractivity contribution in [3.8, 4) is 28.3 Å². The number of fused-ring (bicyclic) bond motifs is 9. The number of hydrogen-bond acceptors (Lipinski definition) is 2. The summed E-state index contributed by atoms with van der Waals surface area (Å²) >= 11 is 8.59. The van der Waals surface area contributed by atoms with E-state index in [-0.39, 0.29) is 0 Å². The lowest BCUT2D eigenvalue weighted by molar-refractivity contribution is 0.723. The van der Waals surface area contributed by atoms with Crippen molar-refractivity contribution in [1.82, 2.24) is 0 Å². The Morgan fingerprint density at radius 1 is 0.629 bits per heavy atom. The molecular weight excluding hydrogens is 466 g/mol. The second kappa shape index (κ2) is 7.62. The summed E-state index contributed by atoms with van der Waals surface area (Å²) in [7, 11) is 0. The molecule has 0 radical (unpaired) electrons. The number of halogens is 1. The van der Waals surface area contributed by atoms with Crippen molar-refractivity contribution in [2.45, 2.75) is 15.2 Å². The largest absolute Gasteiger partial charge is 0.192 e. The number of hydrogen-bond donors (Lipinski definition) is 0. The van der Waals surface area contributed by atoms with Gasteiger partial charge in [-0.25, -0.2) is 0 Å². The van der Waals surface area contributed by atoms with Gasteiger partial charge in [-0.2, -0.15) is 5.26 Å². The Bertz CT molecular complexity index is 1700. The summed E-state index contributed by atoms with van der Waals surface area (Å²) < 4.78 is 0. The molecule has 1 aliphatic carbocycles. The topological polar surface area (TPSA) is 23.8 Å². The molecule has 1 heterocycles. The zero-order valence-electron chi connectivity index (χ0n) is 18.6. The normalized spacial score (nSPS) is 16.7. The zero-order valence-corrected chi connectivity index (χ0v) is 20.2. The maximum atomic E-state index is 9.24. The van der Waals surface area contributed by atoms with Crippen LogP contribution in [-0.2, 0) is 5.41 Å². The summed E-state index contributed by atoms with van der Waals surface area (Å²) in [5.74, 6) is 0. The third-order valence-corrected chi connectivity index (χ3v) is 8.91. The number of rotatable bonds is 1. The Labute approximate surface area is 213 Å². The van der Waals surface area contributed by atoms with Gasteiger partial charge in [0.05, 0.1) is 22.1 Å². The van der Waals surface area contributed by atoms with Gasteiger partial charge in [0.25, 0.3) is 0 Å². The van der Waals surface area contributed by atoms with Crippen molar-refractivity contribution in [1.29, 1.82) is 5.26 Å². The van der Waals surface area contributed by atoms with Gasteiger partial charge in [-0.05, 0) is 74.8 Å². The third-order valence-electron chi connectivity index (χ3n) is 7.27. The van der Waals surface area contributed by atoms with Crippen LogP contribution in [0.2, 0.25) is 5.02 Å². The molecule has 0 aromatic heterocycles. The van der Waals surface area contributed by atoms with Gasteiger partial charge in [-0.1, -0.05) is 102 Å². The van der Waals surface area contributed by atoms with Crippen LogP contribution < -0.4 is 0 Å². The Kier molecular flexibility index (Phi) is 4.48. The van der Waals surface area contributed by atoms with Crippen LogP contribution in [0.25, 0.3) is 22.3 Å². The molecule has 0 saturated heterocycles. The van der Waals surface area contributed by atoms with Gasteiger partial charge in [-0.3, -0.25) is 0 Å². The lowest BCUT2D eigenvalue weighted by Gasteiger charge is -2.40. The minimum atomic E-state index is -0.448. The van der Waals surface area contributed by atoms with E-state index >= 15 is 0 Å². The molecule has 3 heteroatoms. The van der Waals surface area contributed by atoms with Gasteiger partial charge in [-0.15, -0.1) is 0 Å². The van der Waals surface area contributed by atoms with E-state index < -0.39 is 5.41 Å². The number of nitriles is 1. The summed E-state index contributed by atoms with van der Waals surface area (Å²) in [6.45, 7) is 0. The van der Waals surface area contributed by atoms with E-state index in [0.717, 1.165) is 21.0 Å². The molecule has 0 saturated carbocycles. The average molecular weight is 484 g/mol. The SMILES string of the molecule is N#Cc1ccc(-c2ccc3c(c2)C2(c4ccccc4Sc4c(Cl)cccc42)c2ccccc2-3)cc1. The molecule has 5 aromatic carbocycles. The van der Waals surface area contributed by atoms with E-state index in [0.29, 0.717) is 5.56 Å². The Balaban J connectivity index is 1.60. The number of benzene rings is 5.